The first-order valence-electron chi connectivity index (χ1n) is 4.93. The molecule has 1 rings (SSSR count). The van der Waals surface area contributed by atoms with Crippen LogP contribution in [-0.2, 0) is 20.9 Å². The summed E-state index contributed by atoms with van der Waals surface area (Å²) in [5, 5.41) is 2.48. The lowest BCUT2D eigenvalue weighted by Crippen LogP contribution is -2.32. The number of amides is 1. The molecule has 1 N–H and O–H groups in total. The molecule has 0 unspecified atom stereocenters. The Bertz CT molecular complexity index is 414. The fraction of sp³-hybridized carbons (Fsp3) is 0.273. The molecule has 0 saturated heterocycles. The zero-order chi connectivity index (χ0) is 12.8. The molecule has 0 fully saturated rings. The molecular weight excluding hydrogens is 354 g/mol. The molecule has 4 nitrogen and oxygen atoms in total. The standard InChI is InChI=1S/C11H11Br2NO3/c1-2-17-11(16)10(15)14-6-7-3-8(12)5-9(13)4-7/h3-5H,2,6H2,1H3,(H,14,15). The summed E-state index contributed by atoms with van der Waals surface area (Å²) in [5.74, 6) is -1.59. The minimum Gasteiger partial charge on any atom is -0.459 e. The monoisotopic (exact) mass is 363 g/mol. The van der Waals surface area contributed by atoms with E-state index in [0.717, 1.165) is 14.5 Å². The molecule has 0 aliphatic carbocycles. The van der Waals surface area contributed by atoms with Crippen molar-refractivity contribution in [2.45, 2.75) is 13.5 Å². The number of hydrogen-bond donors (Lipinski definition) is 1. The molecule has 0 saturated carbocycles. The molecule has 0 aliphatic rings. The highest BCUT2D eigenvalue weighted by Crippen LogP contribution is 2.19. The van der Waals surface area contributed by atoms with Crippen molar-refractivity contribution in [3.63, 3.8) is 0 Å². The summed E-state index contributed by atoms with van der Waals surface area (Å²) in [5.41, 5.74) is 0.879. The molecule has 92 valence electrons. The fourth-order valence-corrected chi connectivity index (χ4v) is 2.55. The predicted octanol–water partition coefficient (Wildman–Crippen LogP) is 2.39. The molecule has 0 atom stereocenters. The average Bonchev–Trinajstić information content (AvgIpc) is 2.25. The molecular formula is C11H11Br2NO3. The molecule has 1 aromatic rings. The van der Waals surface area contributed by atoms with Crippen LogP contribution in [0.25, 0.3) is 0 Å². The van der Waals surface area contributed by atoms with Gasteiger partial charge in [0, 0.05) is 15.5 Å². The Morgan fingerprint density at radius 1 is 1.24 bits per heavy atom. The van der Waals surface area contributed by atoms with Gasteiger partial charge in [-0.05, 0) is 30.7 Å². The Hall–Kier alpha value is -0.880. The maximum atomic E-state index is 11.3. The van der Waals surface area contributed by atoms with Gasteiger partial charge in [-0.1, -0.05) is 31.9 Å². The van der Waals surface area contributed by atoms with E-state index < -0.39 is 11.9 Å². The van der Waals surface area contributed by atoms with Crippen LogP contribution in [0.1, 0.15) is 12.5 Å². The van der Waals surface area contributed by atoms with Gasteiger partial charge in [0.25, 0.3) is 0 Å². The lowest BCUT2D eigenvalue weighted by molar-refractivity contribution is -0.154. The highest BCUT2D eigenvalue weighted by molar-refractivity contribution is 9.11. The van der Waals surface area contributed by atoms with Gasteiger partial charge in [-0.15, -0.1) is 0 Å². The van der Waals surface area contributed by atoms with E-state index in [0.29, 0.717) is 0 Å². The Morgan fingerprint density at radius 2 is 1.82 bits per heavy atom. The van der Waals surface area contributed by atoms with E-state index in [-0.39, 0.29) is 13.2 Å². The second-order valence-corrected chi connectivity index (χ2v) is 5.01. The zero-order valence-electron chi connectivity index (χ0n) is 9.13. The third-order valence-corrected chi connectivity index (χ3v) is 2.75. The first kappa shape index (κ1) is 14.2. The minimum atomic E-state index is -0.860. The molecule has 0 aliphatic heterocycles. The topological polar surface area (TPSA) is 55.4 Å². The summed E-state index contributed by atoms with van der Waals surface area (Å²) >= 11 is 6.68. The number of rotatable bonds is 3. The molecule has 6 heteroatoms. The smallest absolute Gasteiger partial charge is 0.396 e. The lowest BCUT2D eigenvalue weighted by atomic mass is 10.2. The van der Waals surface area contributed by atoms with E-state index in [1.165, 1.54) is 0 Å². The van der Waals surface area contributed by atoms with Gasteiger partial charge < -0.3 is 10.1 Å². The van der Waals surface area contributed by atoms with E-state index in [2.05, 4.69) is 41.9 Å². The molecule has 0 bridgehead atoms. The van der Waals surface area contributed by atoms with Crippen LogP contribution in [0.15, 0.2) is 27.1 Å². The van der Waals surface area contributed by atoms with Gasteiger partial charge in [-0.25, -0.2) is 4.79 Å². The summed E-state index contributed by atoms with van der Waals surface area (Å²) < 4.78 is 6.36. The quantitative estimate of drug-likeness (QED) is 0.661. The number of carbonyl (C=O) groups excluding carboxylic acids is 2. The van der Waals surface area contributed by atoms with Crippen LogP contribution in [0.2, 0.25) is 0 Å². The first-order valence-corrected chi connectivity index (χ1v) is 6.51. The maximum absolute atomic E-state index is 11.3. The van der Waals surface area contributed by atoms with E-state index >= 15 is 0 Å². The van der Waals surface area contributed by atoms with Crippen LogP contribution >= 0.6 is 31.9 Å². The van der Waals surface area contributed by atoms with Crippen LogP contribution in [0.4, 0.5) is 0 Å². The van der Waals surface area contributed by atoms with Crippen LogP contribution in [-0.4, -0.2) is 18.5 Å². The van der Waals surface area contributed by atoms with Crippen molar-refractivity contribution in [3.8, 4) is 0 Å². The first-order chi connectivity index (χ1) is 8.02. The molecule has 0 radical (unpaired) electrons. The Kier molecular flexibility index (Phi) is 5.64. The molecule has 1 amide bonds. The highest BCUT2D eigenvalue weighted by Gasteiger charge is 2.13. The van der Waals surface area contributed by atoms with Gasteiger partial charge in [0.15, 0.2) is 0 Å². The summed E-state index contributed by atoms with van der Waals surface area (Å²) in [6.45, 7) is 2.11. The van der Waals surface area contributed by atoms with Crippen LogP contribution in [0, 0.1) is 0 Å². The summed E-state index contributed by atoms with van der Waals surface area (Å²) in [6.07, 6.45) is 0. The summed E-state index contributed by atoms with van der Waals surface area (Å²) in [7, 11) is 0. The molecule has 0 heterocycles. The number of benzene rings is 1. The fourth-order valence-electron chi connectivity index (χ4n) is 1.16. The van der Waals surface area contributed by atoms with Gasteiger partial charge >= 0.3 is 11.9 Å². The molecule has 17 heavy (non-hydrogen) atoms. The second kappa shape index (κ2) is 6.76. The van der Waals surface area contributed by atoms with E-state index in [1.807, 2.05) is 18.2 Å². The summed E-state index contributed by atoms with van der Waals surface area (Å²) in [4.78, 5) is 22.3. The third-order valence-electron chi connectivity index (χ3n) is 1.84. The van der Waals surface area contributed by atoms with Crippen molar-refractivity contribution < 1.29 is 14.3 Å². The maximum Gasteiger partial charge on any atom is 0.396 e. The van der Waals surface area contributed by atoms with Crippen molar-refractivity contribution in [2.75, 3.05) is 6.61 Å². The molecule has 0 spiro atoms. The van der Waals surface area contributed by atoms with Crippen molar-refractivity contribution in [2.24, 2.45) is 0 Å². The highest BCUT2D eigenvalue weighted by atomic mass is 79.9. The van der Waals surface area contributed by atoms with Crippen molar-refractivity contribution in [1.29, 1.82) is 0 Å². The normalized spacial score (nSPS) is 9.82. The van der Waals surface area contributed by atoms with Crippen LogP contribution in [0.5, 0.6) is 0 Å². The SMILES string of the molecule is CCOC(=O)C(=O)NCc1cc(Br)cc(Br)c1. The average molecular weight is 365 g/mol. The largest absolute Gasteiger partial charge is 0.459 e. The van der Waals surface area contributed by atoms with Gasteiger partial charge in [0.05, 0.1) is 6.61 Å². The third kappa shape index (κ3) is 4.87. The molecule has 1 aromatic carbocycles. The van der Waals surface area contributed by atoms with Crippen LogP contribution in [0.3, 0.4) is 0 Å². The lowest BCUT2D eigenvalue weighted by Gasteiger charge is -2.05. The van der Waals surface area contributed by atoms with Crippen molar-refractivity contribution in [1.82, 2.24) is 5.32 Å². The van der Waals surface area contributed by atoms with Crippen molar-refractivity contribution >= 4 is 43.7 Å². The van der Waals surface area contributed by atoms with Crippen molar-refractivity contribution in [3.05, 3.63) is 32.7 Å². The minimum absolute atomic E-state index is 0.189. The second-order valence-electron chi connectivity index (χ2n) is 3.18. The Morgan fingerprint density at radius 3 is 2.35 bits per heavy atom. The number of halogens is 2. The number of ether oxygens (including phenoxy) is 1. The van der Waals surface area contributed by atoms with Gasteiger partial charge in [0.2, 0.25) is 0 Å². The van der Waals surface area contributed by atoms with Gasteiger partial charge in [0.1, 0.15) is 0 Å². The molecule has 0 aromatic heterocycles. The van der Waals surface area contributed by atoms with Crippen LogP contribution < -0.4 is 5.32 Å². The Balaban J connectivity index is 2.55. The number of nitrogens with one attached hydrogen (secondary N) is 1. The van der Waals surface area contributed by atoms with Gasteiger partial charge in [-0.2, -0.15) is 0 Å². The number of hydrogen-bond acceptors (Lipinski definition) is 3. The Labute approximate surface area is 116 Å². The number of esters is 1. The predicted molar refractivity (Wildman–Crippen MR) is 70.3 cm³/mol. The summed E-state index contributed by atoms with van der Waals surface area (Å²) in [6, 6.07) is 5.60. The number of carbonyl (C=O) groups is 2. The zero-order valence-corrected chi connectivity index (χ0v) is 12.3. The van der Waals surface area contributed by atoms with Gasteiger partial charge in [-0.3, -0.25) is 4.79 Å². The van der Waals surface area contributed by atoms with E-state index in [1.54, 1.807) is 6.92 Å². The van der Waals surface area contributed by atoms with E-state index in [4.69, 9.17) is 0 Å². The van der Waals surface area contributed by atoms with E-state index in [9.17, 15) is 9.59 Å².